The van der Waals surface area contributed by atoms with Crippen LogP contribution in [-0.4, -0.2) is 25.6 Å². The number of carboxylic acids is 1. The summed E-state index contributed by atoms with van der Waals surface area (Å²) in [7, 11) is 1.79. The molecule has 0 aliphatic rings. The Labute approximate surface area is 121 Å². The zero-order valence-electron chi connectivity index (χ0n) is 11.9. The average Bonchev–Trinajstić information content (AvgIpc) is 2.75. The summed E-state index contributed by atoms with van der Waals surface area (Å²) < 4.78 is 1.79. The fourth-order valence-corrected chi connectivity index (χ4v) is 2.37. The molecule has 2 rings (SSSR count). The van der Waals surface area contributed by atoms with Crippen LogP contribution in [0.25, 0.3) is 11.0 Å². The van der Waals surface area contributed by atoms with Gasteiger partial charge in [0.15, 0.2) is 0 Å². The third-order valence-electron chi connectivity index (χ3n) is 3.73. The van der Waals surface area contributed by atoms with Crippen molar-refractivity contribution >= 4 is 22.7 Å². The molecule has 1 N–H and O–H groups in total. The van der Waals surface area contributed by atoms with Gasteiger partial charge < -0.3 is 9.67 Å². The van der Waals surface area contributed by atoms with Crippen molar-refractivity contribution in [2.24, 2.45) is 13.0 Å². The number of nitro groups is 1. The van der Waals surface area contributed by atoms with Crippen molar-refractivity contribution < 1.29 is 14.8 Å². The van der Waals surface area contributed by atoms with Gasteiger partial charge in [-0.1, -0.05) is 6.92 Å². The zero-order chi connectivity index (χ0) is 15.6. The first-order valence-electron chi connectivity index (χ1n) is 6.76. The zero-order valence-corrected chi connectivity index (χ0v) is 11.9. The maximum atomic E-state index is 11.0. The third kappa shape index (κ3) is 3.01. The first kappa shape index (κ1) is 15.0. The van der Waals surface area contributed by atoms with E-state index in [1.54, 1.807) is 17.7 Å². The highest BCUT2D eigenvalue weighted by atomic mass is 16.6. The molecule has 21 heavy (non-hydrogen) atoms. The minimum atomic E-state index is -0.799. The van der Waals surface area contributed by atoms with E-state index in [-0.39, 0.29) is 11.6 Å². The number of carbonyl (C=O) groups is 1. The lowest BCUT2D eigenvalue weighted by Gasteiger charge is -2.09. The standard InChI is InChI=1S/C14H17N3O4/c1-3-9(14(18)19)4-7-13-15-11-6-5-10(17(20)21)8-12(11)16(13)2/h5-6,8-9H,3-4,7H2,1-2H3,(H,18,19). The molecule has 0 saturated carbocycles. The van der Waals surface area contributed by atoms with Gasteiger partial charge in [-0.05, 0) is 18.9 Å². The molecule has 7 nitrogen and oxygen atoms in total. The Balaban J connectivity index is 2.27. The molecular weight excluding hydrogens is 274 g/mol. The molecule has 1 aromatic heterocycles. The molecule has 0 bridgehead atoms. The van der Waals surface area contributed by atoms with Gasteiger partial charge in [0.1, 0.15) is 5.82 Å². The summed E-state index contributed by atoms with van der Waals surface area (Å²) in [6, 6.07) is 4.52. The molecule has 1 aromatic carbocycles. The van der Waals surface area contributed by atoms with E-state index in [9.17, 15) is 14.9 Å². The van der Waals surface area contributed by atoms with Crippen molar-refractivity contribution in [3.63, 3.8) is 0 Å². The lowest BCUT2D eigenvalue weighted by molar-refractivity contribution is -0.384. The number of nitro benzene ring substituents is 1. The Morgan fingerprint density at radius 3 is 2.81 bits per heavy atom. The maximum absolute atomic E-state index is 11.0. The Morgan fingerprint density at radius 1 is 1.52 bits per heavy atom. The summed E-state index contributed by atoms with van der Waals surface area (Å²) >= 11 is 0. The Morgan fingerprint density at radius 2 is 2.24 bits per heavy atom. The third-order valence-corrected chi connectivity index (χ3v) is 3.73. The smallest absolute Gasteiger partial charge is 0.306 e. The Hall–Kier alpha value is -2.44. The minimum Gasteiger partial charge on any atom is -0.481 e. The lowest BCUT2D eigenvalue weighted by Crippen LogP contribution is -2.14. The van der Waals surface area contributed by atoms with Crippen molar-refractivity contribution in [1.29, 1.82) is 0 Å². The Bertz CT molecular complexity index is 693. The van der Waals surface area contributed by atoms with Crippen LogP contribution in [0.1, 0.15) is 25.6 Å². The number of non-ortho nitro benzene ring substituents is 1. The van der Waals surface area contributed by atoms with E-state index in [1.807, 2.05) is 6.92 Å². The monoisotopic (exact) mass is 291 g/mol. The van der Waals surface area contributed by atoms with Gasteiger partial charge in [-0.15, -0.1) is 0 Å². The van der Waals surface area contributed by atoms with Crippen molar-refractivity contribution in [3.05, 3.63) is 34.1 Å². The molecule has 2 aromatic rings. The number of imidazole rings is 1. The molecule has 0 spiro atoms. The molecule has 7 heteroatoms. The molecule has 0 radical (unpaired) electrons. The first-order chi connectivity index (χ1) is 9.93. The highest BCUT2D eigenvalue weighted by molar-refractivity contribution is 5.78. The summed E-state index contributed by atoms with van der Waals surface area (Å²) in [5.41, 5.74) is 1.39. The SMILES string of the molecule is CCC(CCc1nc2ccc([N+](=O)[O-])cc2n1C)C(=O)O. The number of carboxylic acid groups (broad SMARTS) is 1. The minimum absolute atomic E-state index is 0.0222. The van der Waals surface area contributed by atoms with Crippen LogP contribution >= 0.6 is 0 Å². The number of fused-ring (bicyclic) bond motifs is 1. The van der Waals surface area contributed by atoms with E-state index in [0.29, 0.717) is 30.3 Å². The van der Waals surface area contributed by atoms with Crippen LogP contribution in [0.2, 0.25) is 0 Å². The van der Waals surface area contributed by atoms with E-state index in [2.05, 4.69) is 4.98 Å². The molecule has 0 aliphatic heterocycles. The van der Waals surface area contributed by atoms with Crippen LogP contribution in [0.4, 0.5) is 5.69 Å². The van der Waals surface area contributed by atoms with Crippen LogP contribution in [-0.2, 0) is 18.3 Å². The van der Waals surface area contributed by atoms with E-state index in [1.165, 1.54) is 12.1 Å². The van der Waals surface area contributed by atoms with Crippen LogP contribution < -0.4 is 0 Å². The number of aryl methyl sites for hydroxylation is 2. The number of aromatic nitrogens is 2. The molecule has 1 atom stereocenters. The van der Waals surface area contributed by atoms with Gasteiger partial charge in [-0.2, -0.15) is 0 Å². The second kappa shape index (κ2) is 5.90. The summed E-state index contributed by atoms with van der Waals surface area (Å²) in [5.74, 6) is -0.448. The topological polar surface area (TPSA) is 98.3 Å². The van der Waals surface area contributed by atoms with Crippen molar-refractivity contribution in [1.82, 2.24) is 9.55 Å². The van der Waals surface area contributed by atoms with Gasteiger partial charge in [0.25, 0.3) is 5.69 Å². The number of rotatable bonds is 6. The Kier molecular flexibility index (Phi) is 4.21. The molecule has 0 amide bonds. The fraction of sp³-hybridized carbons (Fsp3) is 0.429. The summed E-state index contributed by atoms with van der Waals surface area (Å²) in [6.45, 7) is 1.84. The van der Waals surface area contributed by atoms with Gasteiger partial charge in [0.2, 0.25) is 0 Å². The quantitative estimate of drug-likeness (QED) is 0.651. The summed E-state index contributed by atoms with van der Waals surface area (Å²) in [6.07, 6.45) is 1.61. The molecule has 1 heterocycles. The molecular formula is C14H17N3O4. The van der Waals surface area contributed by atoms with Crippen molar-refractivity contribution in [3.8, 4) is 0 Å². The highest BCUT2D eigenvalue weighted by Crippen LogP contribution is 2.22. The second-order valence-corrected chi connectivity index (χ2v) is 5.00. The van der Waals surface area contributed by atoms with Gasteiger partial charge in [0, 0.05) is 25.6 Å². The summed E-state index contributed by atoms with van der Waals surface area (Å²) in [4.78, 5) is 25.8. The molecule has 0 aliphatic carbocycles. The molecule has 0 saturated heterocycles. The van der Waals surface area contributed by atoms with Crippen molar-refractivity contribution in [2.45, 2.75) is 26.2 Å². The predicted octanol–water partition coefficient (Wildman–Crippen LogP) is 2.52. The molecule has 0 fully saturated rings. The van der Waals surface area contributed by atoms with Crippen molar-refractivity contribution in [2.75, 3.05) is 0 Å². The maximum Gasteiger partial charge on any atom is 0.306 e. The fourth-order valence-electron chi connectivity index (χ4n) is 2.37. The van der Waals surface area contributed by atoms with Gasteiger partial charge in [-0.3, -0.25) is 14.9 Å². The van der Waals surface area contributed by atoms with E-state index < -0.39 is 10.9 Å². The van der Waals surface area contributed by atoms with Gasteiger partial charge >= 0.3 is 5.97 Å². The average molecular weight is 291 g/mol. The van der Waals surface area contributed by atoms with Crippen LogP contribution in [0.3, 0.4) is 0 Å². The van der Waals surface area contributed by atoms with Crippen LogP contribution in [0.15, 0.2) is 18.2 Å². The lowest BCUT2D eigenvalue weighted by atomic mass is 10.0. The number of hydrogen-bond donors (Lipinski definition) is 1. The summed E-state index contributed by atoms with van der Waals surface area (Å²) in [5, 5.41) is 19.9. The normalized spacial score (nSPS) is 12.5. The number of benzene rings is 1. The van der Waals surface area contributed by atoms with E-state index in [0.717, 1.165) is 5.82 Å². The number of nitrogens with zero attached hydrogens (tertiary/aromatic N) is 3. The number of aliphatic carboxylic acids is 1. The molecule has 1 unspecified atom stereocenters. The second-order valence-electron chi connectivity index (χ2n) is 5.00. The highest BCUT2D eigenvalue weighted by Gasteiger charge is 2.17. The van der Waals surface area contributed by atoms with E-state index >= 15 is 0 Å². The largest absolute Gasteiger partial charge is 0.481 e. The van der Waals surface area contributed by atoms with Crippen LogP contribution in [0, 0.1) is 16.0 Å². The first-order valence-corrected chi connectivity index (χ1v) is 6.76. The number of hydrogen-bond acceptors (Lipinski definition) is 4. The van der Waals surface area contributed by atoms with Gasteiger partial charge in [-0.25, -0.2) is 4.98 Å². The van der Waals surface area contributed by atoms with E-state index in [4.69, 9.17) is 5.11 Å². The van der Waals surface area contributed by atoms with Gasteiger partial charge in [0.05, 0.1) is 21.9 Å². The van der Waals surface area contributed by atoms with Crippen LogP contribution in [0.5, 0.6) is 0 Å². The predicted molar refractivity (Wildman–Crippen MR) is 77.1 cm³/mol. The molecule has 112 valence electrons.